The smallest absolute Gasteiger partial charge is 0.248 e. The van der Waals surface area contributed by atoms with E-state index in [2.05, 4.69) is 5.32 Å². The summed E-state index contributed by atoms with van der Waals surface area (Å²) in [5.41, 5.74) is -0.677. The summed E-state index contributed by atoms with van der Waals surface area (Å²) in [6.07, 6.45) is 4.70. The molecule has 5 nitrogen and oxygen atoms in total. The van der Waals surface area contributed by atoms with E-state index in [0.717, 1.165) is 45.4 Å². The topological polar surface area (TPSA) is 58.6 Å². The minimum absolute atomic E-state index is 0.00939. The fraction of sp³-hybridized carbons (Fsp3) is 0.867. The van der Waals surface area contributed by atoms with Crippen LogP contribution >= 0.6 is 0 Å². The summed E-state index contributed by atoms with van der Waals surface area (Å²) in [7, 11) is 0. The van der Waals surface area contributed by atoms with E-state index in [1.165, 1.54) is 0 Å². The van der Waals surface area contributed by atoms with Gasteiger partial charge in [0, 0.05) is 26.1 Å². The monoisotopic (exact) mass is 280 g/mol. The van der Waals surface area contributed by atoms with Crippen LogP contribution in [0.25, 0.3) is 0 Å². The Morgan fingerprint density at radius 2 is 2.15 bits per heavy atom. The highest BCUT2D eigenvalue weighted by Gasteiger charge is 2.51. The largest absolute Gasteiger partial charge is 0.381 e. The van der Waals surface area contributed by atoms with Crippen molar-refractivity contribution in [3.63, 3.8) is 0 Å². The molecular formula is C15H24N2O3. The van der Waals surface area contributed by atoms with E-state index in [1.54, 1.807) is 0 Å². The molecule has 2 aliphatic heterocycles. The molecule has 1 N–H and O–H groups in total. The Balaban J connectivity index is 1.72. The number of carbonyl (C=O) groups excluding carboxylic acids is 2. The predicted octanol–water partition coefficient (Wildman–Crippen LogP) is 0.930. The van der Waals surface area contributed by atoms with Gasteiger partial charge in [0.15, 0.2) is 0 Å². The third-order valence-corrected chi connectivity index (χ3v) is 4.87. The molecule has 1 saturated carbocycles. The molecular weight excluding hydrogens is 256 g/mol. The molecule has 0 bridgehead atoms. The van der Waals surface area contributed by atoms with Gasteiger partial charge in [-0.3, -0.25) is 9.59 Å². The van der Waals surface area contributed by atoms with E-state index in [1.807, 2.05) is 11.8 Å². The maximum Gasteiger partial charge on any atom is 0.248 e. The second-order valence-electron chi connectivity index (χ2n) is 6.61. The standard InChI is InChI=1S/C15H24N2O3/c1-15(12-4-5-12)14(19)17(7-6-13(18)16-15)9-11-3-2-8-20-10-11/h11-12H,2-10H2,1H3,(H,16,18). The average molecular weight is 280 g/mol. The Bertz CT molecular complexity index is 402. The molecule has 2 unspecified atom stereocenters. The van der Waals surface area contributed by atoms with Gasteiger partial charge in [0.1, 0.15) is 5.54 Å². The molecule has 1 aliphatic carbocycles. The molecule has 0 aromatic rings. The number of rotatable bonds is 3. The number of carbonyl (C=O) groups is 2. The number of amides is 2. The maximum absolute atomic E-state index is 12.8. The van der Waals surface area contributed by atoms with Crippen molar-refractivity contribution in [1.82, 2.24) is 10.2 Å². The second kappa shape index (κ2) is 5.35. The van der Waals surface area contributed by atoms with Gasteiger partial charge in [-0.15, -0.1) is 0 Å². The molecule has 2 saturated heterocycles. The second-order valence-corrected chi connectivity index (χ2v) is 6.61. The highest BCUT2D eigenvalue weighted by molar-refractivity contribution is 5.93. The first-order valence-electron chi connectivity index (χ1n) is 7.78. The zero-order valence-electron chi connectivity index (χ0n) is 12.2. The number of ether oxygens (including phenoxy) is 1. The van der Waals surface area contributed by atoms with Gasteiger partial charge in [-0.2, -0.15) is 0 Å². The van der Waals surface area contributed by atoms with Gasteiger partial charge in [0.25, 0.3) is 0 Å². The molecule has 112 valence electrons. The van der Waals surface area contributed by atoms with E-state index in [0.29, 0.717) is 24.8 Å². The van der Waals surface area contributed by atoms with Gasteiger partial charge in [0.2, 0.25) is 11.8 Å². The van der Waals surface area contributed by atoms with Gasteiger partial charge >= 0.3 is 0 Å². The normalized spacial score (nSPS) is 35.6. The van der Waals surface area contributed by atoms with Crippen molar-refractivity contribution in [2.24, 2.45) is 11.8 Å². The Morgan fingerprint density at radius 1 is 1.35 bits per heavy atom. The molecule has 0 radical (unpaired) electrons. The SMILES string of the molecule is CC1(C2CC2)NC(=O)CCN(CC2CCCOC2)C1=O. The molecule has 5 heteroatoms. The summed E-state index contributed by atoms with van der Waals surface area (Å²) in [4.78, 5) is 26.6. The van der Waals surface area contributed by atoms with Crippen LogP contribution in [-0.2, 0) is 14.3 Å². The van der Waals surface area contributed by atoms with Crippen LogP contribution in [-0.4, -0.2) is 48.6 Å². The number of hydrogen-bond donors (Lipinski definition) is 1. The van der Waals surface area contributed by atoms with Crippen LogP contribution in [0, 0.1) is 11.8 Å². The number of nitrogens with zero attached hydrogens (tertiary/aromatic N) is 1. The van der Waals surface area contributed by atoms with Crippen LogP contribution in [0.3, 0.4) is 0 Å². The van der Waals surface area contributed by atoms with Crippen molar-refractivity contribution in [3.05, 3.63) is 0 Å². The van der Waals surface area contributed by atoms with Gasteiger partial charge in [0.05, 0.1) is 6.61 Å². The number of hydrogen-bond acceptors (Lipinski definition) is 3. The van der Waals surface area contributed by atoms with Gasteiger partial charge in [-0.25, -0.2) is 0 Å². The van der Waals surface area contributed by atoms with Crippen LogP contribution in [0.1, 0.15) is 39.0 Å². The van der Waals surface area contributed by atoms with Gasteiger partial charge in [-0.05, 0) is 44.4 Å². The predicted molar refractivity (Wildman–Crippen MR) is 74.0 cm³/mol. The first kappa shape index (κ1) is 13.9. The molecule has 2 amide bonds. The molecule has 3 aliphatic rings. The molecule has 0 aromatic heterocycles. The lowest BCUT2D eigenvalue weighted by molar-refractivity contribution is -0.140. The zero-order valence-corrected chi connectivity index (χ0v) is 12.2. The first-order valence-corrected chi connectivity index (χ1v) is 7.78. The Hall–Kier alpha value is -1.10. The average Bonchev–Trinajstić information content (AvgIpc) is 3.28. The lowest BCUT2D eigenvalue weighted by Gasteiger charge is -2.35. The van der Waals surface area contributed by atoms with Crippen molar-refractivity contribution in [2.45, 2.75) is 44.6 Å². The van der Waals surface area contributed by atoms with E-state index in [4.69, 9.17) is 4.74 Å². The van der Waals surface area contributed by atoms with Crippen LogP contribution in [0.5, 0.6) is 0 Å². The Morgan fingerprint density at radius 3 is 2.80 bits per heavy atom. The molecule has 3 fully saturated rings. The molecule has 2 atom stereocenters. The maximum atomic E-state index is 12.8. The fourth-order valence-electron chi connectivity index (χ4n) is 3.45. The summed E-state index contributed by atoms with van der Waals surface area (Å²) in [5, 5.41) is 2.97. The summed E-state index contributed by atoms with van der Waals surface area (Å²) >= 11 is 0. The zero-order chi connectivity index (χ0) is 14.2. The summed E-state index contributed by atoms with van der Waals surface area (Å²) in [6.45, 7) is 4.76. The van der Waals surface area contributed by atoms with Gasteiger partial charge < -0.3 is 15.0 Å². The Kier molecular flexibility index (Phi) is 3.71. The highest BCUT2D eigenvalue weighted by Crippen LogP contribution is 2.41. The quantitative estimate of drug-likeness (QED) is 0.836. The van der Waals surface area contributed by atoms with E-state index in [9.17, 15) is 9.59 Å². The molecule has 20 heavy (non-hydrogen) atoms. The van der Waals surface area contributed by atoms with Crippen LogP contribution in [0.2, 0.25) is 0 Å². The van der Waals surface area contributed by atoms with Crippen molar-refractivity contribution in [2.75, 3.05) is 26.3 Å². The van der Waals surface area contributed by atoms with Gasteiger partial charge in [-0.1, -0.05) is 0 Å². The van der Waals surface area contributed by atoms with Crippen LogP contribution in [0.15, 0.2) is 0 Å². The lowest BCUT2D eigenvalue weighted by Crippen LogP contribution is -2.57. The van der Waals surface area contributed by atoms with E-state index in [-0.39, 0.29) is 11.8 Å². The third kappa shape index (κ3) is 2.68. The van der Waals surface area contributed by atoms with Crippen LogP contribution < -0.4 is 5.32 Å². The molecule has 3 rings (SSSR count). The number of nitrogens with one attached hydrogen (secondary N) is 1. The third-order valence-electron chi connectivity index (χ3n) is 4.87. The van der Waals surface area contributed by atoms with E-state index >= 15 is 0 Å². The van der Waals surface area contributed by atoms with Crippen LogP contribution in [0.4, 0.5) is 0 Å². The van der Waals surface area contributed by atoms with Crippen molar-refractivity contribution in [1.29, 1.82) is 0 Å². The highest BCUT2D eigenvalue weighted by atomic mass is 16.5. The molecule has 0 spiro atoms. The van der Waals surface area contributed by atoms with E-state index < -0.39 is 5.54 Å². The fourth-order valence-corrected chi connectivity index (χ4v) is 3.45. The van der Waals surface area contributed by atoms with Crippen molar-refractivity contribution >= 4 is 11.8 Å². The van der Waals surface area contributed by atoms with Crippen molar-refractivity contribution < 1.29 is 14.3 Å². The Labute approximate surface area is 120 Å². The summed E-state index contributed by atoms with van der Waals surface area (Å²) < 4.78 is 5.50. The molecule has 2 heterocycles. The summed E-state index contributed by atoms with van der Waals surface area (Å²) in [5.74, 6) is 0.859. The molecule has 0 aromatic carbocycles. The first-order chi connectivity index (χ1) is 9.59. The minimum Gasteiger partial charge on any atom is -0.381 e. The minimum atomic E-state index is -0.677. The van der Waals surface area contributed by atoms with Crippen molar-refractivity contribution in [3.8, 4) is 0 Å². The summed E-state index contributed by atoms with van der Waals surface area (Å²) in [6, 6.07) is 0. The lowest BCUT2D eigenvalue weighted by atomic mass is 9.93.